The zero-order chi connectivity index (χ0) is 33.6. The van der Waals surface area contributed by atoms with E-state index in [0.29, 0.717) is 19.3 Å². The van der Waals surface area contributed by atoms with Crippen molar-refractivity contribution in [2.75, 3.05) is 26.3 Å². The molecule has 1 aromatic heterocycles. The number of benzene rings is 2. The molecule has 1 aliphatic heterocycles. The lowest BCUT2D eigenvalue weighted by molar-refractivity contribution is -0.133. The molecule has 47 heavy (non-hydrogen) atoms. The molecule has 2 aromatic carbocycles. The first kappa shape index (κ1) is 35.0. The van der Waals surface area contributed by atoms with Crippen molar-refractivity contribution in [3.05, 3.63) is 81.8 Å². The van der Waals surface area contributed by atoms with Crippen LogP contribution in [0.1, 0.15) is 45.9 Å². The average Bonchev–Trinajstić information content (AvgIpc) is 3.49. The number of rotatable bonds is 8. The molecule has 3 atom stereocenters. The molecule has 0 fully saturated rings. The molecule has 0 saturated heterocycles. The predicted octanol–water partition coefficient (Wildman–Crippen LogP) is 0.792. The number of para-hydroxylation sites is 1. The number of thiazole rings is 1. The third-order valence-electron chi connectivity index (χ3n) is 7.30. The topological polar surface area (TPSA) is 188 Å². The number of carbonyl (C=O) groups excluding carboxylic acids is 5. The SMILES string of the molecule is Cc1csc(CCCNC(=O)[C@@H]2CC(=O)N[C@@H](CO)C(=O)N[C@@H](Cc3ccccc3)C(=O)NCCCOc3ccccc3C(=O)N2)n1. The fourth-order valence-electron chi connectivity index (χ4n) is 4.87. The van der Waals surface area contributed by atoms with Gasteiger partial charge in [0.15, 0.2) is 0 Å². The molecule has 0 saturated carbocycles. The van der Waals surface area contributed by atoms with E-state index in [-0.39, 0.29) is 37.4 Å². The van der Waals surface area contributed by atoms with Crippen molar-refractivity contribution in [2.24, 2.45) is 0 Å². The van der Waals surface area contributed by atoms with E-state index < -0.39 is 60.7 Å². The van der Waals surface area contributed by atoms with Gasteiger partial charge < -0.3 is 36.4 Å². The molecule has 0 spiro atoms. The first-order valence-corrected chi connectivity index (χ1v) is 16.3. The van der Waals surface area contributed by atoms with Gasteiger partial charge in [-0.25, -0.2) is 4.98 Å². The fourth-order valence-corrected chi connectivity index (χ4v) is 5.69. The molecule has 0 radical (unpaired) electrons. The van der Waals surface area contributed by atoms with Crippen LogP contribution in [0.15, 0.2) is 60.0 Å². The van der Waals surface area contributed by atoms with E-state index in [9.17, 15) is 29.1 Å². The van der Waals surface area contributed by atoms with E-state index in [2.05, 4.69) is 31.6 Å². The van der Waals surface area contributed by atoms with Gasteiger partial charge in [0.05, 0.1) is 30.2 Å². The molecule has 0 unspecified atom stereocenters. The van der Waals surface area contributed by atoms with Crippen LogP contribution in [0, 0.1) is 6.92 Å². The molecular weight excluding hydrogens is 624 g/mol. The molecule has 13 nitrogen and oxygen atoms in total. The summed E-state index contributed by atoms with van der Waals surface area (Å²) >= 11 is 1.53. The number of carbonyl (C=O) groups is 5. The van der Waals surface area contributed by atoms with Gasteiger partial charge in [-0.1, -0.05) is 42.5 Å². The van der Waals surface area contributed by atoms with Crippen molar-refractivity contribution in [1.29, 1.82) is 0 Å². The summed E-state index contributed by atoms with van der Waals surface area (Å²) in [5.74, 6) is -2.96. The number of ether oxygens (including phenoxy) is 1. The fraction of sp³-hybridized carbons (Fsp3) is 0.394. The molecule has 3 aromatic rings. The van der Waals surface area contributed by atoms with E-state index in [1.165, 1.54) is 17.4 Å². The van der Waals surface area contributed by atoms with Gasteiger partial charge in [0.2, 0.25) is 23.6 Å². The average molecular weight is 665 g/mol. The number of amides is 5. The predicted molar refractivity (Wildman–Crippen MR) is 175 cm³/mol. The van der Waals surface area contributed by atoms with Gasteiger partial charge in [0.25, 0.3) is 5.91 Å². The second-order valence-electron chi connectivity index (χ2n) is 11.1. The van der Waals surface area contributed by atoms with E-state index in [1.807, 2.05) is 42.6 Å². The molecular formula is C33H40N6O7S. The molecule has 1 aliphatic rings. The van der Waals surface area contributed by atoms with E-state index in [0.717, 1.165) is 16.3 Å². The summed E-state index contributed by atoms with van der Waals surface area (Å²) in [6, 6.07) is 11.9. The van der Waals surface area contributed by atoms with Crippen molar-refractivity contribution in [3.63, 3.8) is 0 Å². The summed E-state index contributed by atoms with van der Waals surface area (Å²) in [6.07, 6.45) is 1.29. The quantitative estimate of drug-likeness (QED) is 0.191. The Labute approximate surface area is 276 Å². The van der Waals surface area contributed by atoms with Crippen LogP contribution >= 0.6 is 11.3 Å². The van der Waals surface area contributed by atoms with Crippen molar-refractivity contribution in [3.8, 4) is 5.75 Å². The highest BCUT2D eigenvalue weighted by molar-refractivity contribution is 7.09. The van der Waals surface area contributed by atoms with Gasteiger partial charge in [-0.3, -0.25) is 24.0 Å². The first-order chi connectivity index (χ1) is 22.7. The number of hydrogen-bond donors (Lipinski definition) is 6. The second-order valence-corrected chi connectivity index (χ2v) is 12.0. The number of aryl methyl sites for hydroxylation is 2. The Hall–Kier alpha value is -4.82. The normalized spacial score (nSPS) is 19.8. The summed E-state index contributed by atoms with van der Waals surface area (Å²) in [6.45, 7) is 1.80. The Bertz CT molecular complexity index is 1530. The number of aliphatic hydroxyl groups is 1. The minimum Gasteiger partial charge on any atom is -0.493 e. The molecule has 0 bridgehead atoms. The molecule has 250 valence electrons. The maximum Gasteiger partial charge on any atom is 0.255 e. The van der Waals surface area contributed by atoms with Gasteiger partial charge in [-0.15, -0.1) is 11.3 Å². The van der Waals surface area contributed by atoms with Gasteiger partial charge in [0, 0.05) is 37.0 Å². The van der Waals surface area contributed by atoms with Crippen LogP contribution in [0.3, 0.4) is 0 Å². The minimum atomic E-state index is -1.41. The molecule has 14 heteroatoms. The molecule has 4 rings (SSSR count). The van der Waals surface area contributed by atoms with Crippen LogP contribution in [0.4, 0.5) is 0 Å². The lowest BCUT2D eigenvalue weighted by Crippen LogP contribution is -2.56. The Kier molecular flexibility index (Phi) is 13.2. The number of nitrogens with zero attached hydrogens (tertiary/aromatic N) is 1. The summed E-state index contributed by atoms with van der Waals surface area (Å²) < 4.78 is 5.85. The van der Waals surface area contributed by atoms with Crippen LogP contribution in [0.25, 0.3) is 0 Å². The van der Waals surface area contributed by atoms with Gasteiger partial charge >= 0.3 is 0 Å². The molecule has 2 heterocycles. The second kappa shape index (κ2) is 17.8. The number of aromatic nitrogens is 1. The molecule has 0 aliphatic carbocycles. The molecule has 6 N–H and O–H groups in total. The van der Waals surface area contributed by atoms with Crippen LogP contribution in [0.5, 0.6) is 5.75 Å². The minimum absolute atomic E-state index is 0.158. The smallest absolute Gasteiger partial charge is 0.255 e. The van der Waals surface area contributed by atoms with Crippen molar-refractivity contribution in [2.45, 2.75) is 57.2 Å². The lowest BCUT2D eigenvalue weighted by atomic mass is 10.0. The Morgan fingerprint density at radius 1 is 1.00 bits per heavy atom. The third kappa shape index (κ3) is 10.9. The Morgan fingerprint density at radius 3 is 2.51 bits per heavy atom. The van der Waals surface area contributed by atoms with E-state index in [1.54, 1.807) is 18.2 Å². The number of fused-ring (bicyclic) bond motifs is 1. The van der Waals surface area contributed by atoms with Crippen molar-refractivity contribution < 1.29 is 33.8 Å². The highest BCUT2D eigenvalue weighted by Crippen LogP contribution is 2.19. The first-order valence-electron chi connectivity index (χ1n) is 15.5. The number of aliphatic hydroxyl groups excluding tert-OH is 1. The zero-order valence-corrected chi connectivity index (χ0v) is 26.9. The third-order valence-corrected chi connectivity index (χ3v) is 8.33. The molecule has 5 amide bonds. The Balaban J connectivity index is 1.52. The number of hydrogen-bond acceptors (Lipinski definition) is 9. The zero-order valence-electron chi connectivity index (χ0n) is 26.1. The van der Waals surface area contributed by atoms with Crippen LogP contribution < -0.4 is 31.3 Å². The van der Waals surface area contributed by atoms with Crippen LogP contribution in [-0.4, -0.2) is 84.1 Å². The van der Waals surface area contributed by atoms with E-state index >= 15 is 0 Å². The summed E-state index contributed by atoms with van der Waals surface area (Å²) in [5.41, 5.74) is 1.88. The highest BCUT2D eigenvalue weighted by Gasteiger charge is 2.30. The van der Waals surface area contributed by atoms with Gasteiger partial charge in [-0.05, 0) is 37.5 Å². The maximum atomic E-state index is 13.4. The lowest BCUT2D eigenvalue weighted by Gasteiger charge is -2.24. The van der Waals surface area contributed by atoms with Crippen LogP contribution in [-0.2, 0) is 32.0 Å². The van der Waals surface area contributed by atoms with Crippen LogP contribution in [0.2, 0.25) is 0 Å². The highest BCUT2D eigenvalue weighted by atomic mass is 32.1. The van der Waals surface area contributed by atoms with Crippen molar-refractivity contribution in [1.82, 2.24) is 31.6 Å². The van der Waals surface area contributed by atoms with Gasteiger partial charge in [-0.2, -0.15) is 0 Å². The summed E-state index contributed by atoms with van der Waals surface area (Å²) in [4.78, 5) is 70.6. The monoisotopic (exact) mass is 664 g/mol. The maximum absolute atomic E-state index is 13.4. The number of nitrogens with one attached hydrogen (secondary N) is 5. The standard InChI is InChI=1S/C33H40N6O7S/c1-21-20-47-29(36-21)13-7-14-34-32(44)25-18-28(41)37-26(19-40)33(45)39-24(17-22-9-3-2-4-10-22)31(43)35-15-8-16-46-27-12-6-5-11-23(27)30(42)38-25/h2-6,9-12,20,24-26,40H,7-8,13-19H2,1H3,(H,34,44)(H,35,43)(H,37,41)(H,38,42)(H,39,45)/t24-,25-,26-/m0/s1. The summed E-state index contributed by atoms with van der Waals surface area (Å²) in [7, 11) is 0. The largest absolute Gasteiger partial charge is 0.493 e. The Morgan fingerprint density at radius 2 is 1.77 bits per heavy atom. The van der Waals surface area contributed by atoms with E-state index in [4.69, 9.17) is 4.74 Å². The van der Waals surface area contributed by atoms with Gasteiger partial charge in [0.1, 0.15) is 23.9 Å². The summed E-state index contributed by atoms with van der Waals surface area (Å²) in [5, 5.41) is 26.1. The van der Waals surface area contributed by atoms with Crippen molar-refractivity contribution >= 4 is 40.9 Å².